The molecule has 0 amide bonds. The molecule has 1 N–H and O–H groups in total. The maximum absolute atomic E-state index is 10.3. The summed E-state index contributed by atoms with van der Waals surface area (Å²) in [5, 5.41) is 14.5. The van der Waals surface area contributed by atoms with E-state index in [0.29, 0.717) is 0 Å². The number of aryl methyl sites for hydroxylation is 2. The van der Waals surface area contributed by atoms with Gasteiger partial charge in [-0.2, -0.15) is 5.10 Å². The van der Waals surface area contributed by atoms with Crippen LogP contribution in [0, 0.1) is 6.92 Å². The molecule has 1 unspecified atom stereocenters. The molecule has 0 aliphatic carbocycles. The van der Waals surface area contributed by atoms with Gasteiger partial charge < -0.3 is 5.11 Å². The molecule has 0 aromatic carbocycles. The first-order valence-corrected chi connectivity index (χ1v) is 6.24. The lowest BCUT2D eigenvalue weighted by atomic mass is 10.1. The lowest BCUT2D eigenvalue weighted by molar-refractivity contribution is 0.207. The van der Waals surface area contributed by atoms with Crippen LogP contribution >= 0.6 is 15.9 Å². The third-order valence-electron chi connectivity index (χ3n) is 2.64. The lowest BCUT2D eigenvalue weighted by Crippen LogP contribution is -2.10. The van der Waals surface area contributed by atoms with Crippen LogP contribution in [0.1, 0.15) is 30.0 Å². The van der Waals surface area contributed by atoms with Gasteiger partial charge in [-0.05, 0) is 35.8 Å². The van der Waals surface area contributed by atoms with Gasteiger partial charge in [0.1, 0.15) is 6.10 Å². The highest BCUT2D eigenvalue weighted by atomic mass is 79.9. The Morgan fingerprint density at radius 3 is 2.76 bits per heavy atom. The van der Waals surface area contributed by atoms with Crippen LogP contribution in [-0.4, -0.2) is 19.9 Å². The van der Waals surface area contributed by atoms with Gasteiger partial charge in [0.05, 0.1) is 16.4 Å². The fourth-order valence-electron chi connectivity index (χ4n) is 1.69. The minimum absolute atomic E-state index is 0.708. The summed E-state index contributed by atoms with van der Waals surface area (Å²) in [6.45, 7) is 4.63. The molecule has 0 aliphatic heterocycles. The van der Waals surface area contributed by atoms with Gasteiger partial charge in [-0.1, -0.05) is 6.07 Å². The molecule has 0 saturated carbocycles. The molecule has 2 aromatic rings. The molecule has 5 heteroatoms. The van der Waals surface area contributed by atoms with Crippen molar-refractivity contribution in [3.05, 3.63) is 46.0 Å². The van der Waals surface area contributed by atoms with Crippen molar-refractivity contribution in [3.8, 4) is 0 Å². The molecule has 2 aromatic heterocycles. The van der Waals surface area contributed by atoms with Crippen molar-refractivity contribution in [2.24, 2.45) is 0 Å². The van der Waals surface area contributed by atoms with Crippen LogP contribution in [0.4, 0.5) is 0 Å². The molecule has 0 fully saturated rings. The summed E-state index contributed by atoms with van der Waals surface area (Å²) in [5.41, 5.74) is 2.47. The van der Waals surface area contributed by atoms with Gasteiger partial charge in [-0.3, -0.25) is 9.67 Å². The Bertz CT molecular complexity index is 507. The number of nitrogens with zero attached hydrogens (tertiary/aromatic N) is 3. The zero-order chi connectivity index (χ0) is 12.4. The van der Waals surface area contributed by atoms with Gasteiger partial charge in [0.2, 0.25) is 0 Å². The summed E-state index contributed by atoms with van der Waals surface area (Å²) in [7, 11) is 0. The van der Waals surface area contributed by atoms with Crippen molar-refractivity contribution in [1.82, 2.24) is 14.8 Å². The fraction of sp³-hybridized carbons (Fsp3) is 0.333. The Hall–Kier alpha value is -1.20. The van der Waals surface area contributed by atoms with E-state index in [1.165, 1.54) is 0 Å². The topological polar surface area (TPSA) is 50.9 Å². The summed E-state index contributed by atoms with van der Waals surface area (Å²) in [4.78, 5) is 4.19. The molecule has 1 atom stereocenters. The third-order valence-corrected chi connectivity index (χ3v) is 3.25. The van der Waals surface area contributed by atoms with E-state index < -0.39 is 6.10 Å². The number of halogens is 1. The monoisotopic (exact) mass is 295 g/mol. The Balaban J connectivity index is 2.39. The van der Waals surface area contributed by atoms with Crippen molar-refractivity contribution < 1.29 is 5.11 Å². The van der Waals surface area contributed by atoms with Crippen LogP contribution in [0.2, 0.25) is 0 Å². The molecular weight excluding hydrogens is 282 g/mol. The second kappa shape index (κ2) is 4.98. The highest BCUT2D eigenvalue weighted by molar-refractivity contribution is 9.10. The molecule has 0 aliphatic rings. The normalized spacial score (nSPS) is 12.7. The smallest absolute Gasteiger partial charge is 0.123 e. The molecule has 0 spiro atoms. The molecule has 0 bridgehead atoms. The molecule has 4 nitrogen and oxygen atoms in total. The standard InChI is InChI=1S/C12H14BrN3O/c1-3-16-11(10(13)7-15-16)12(17)9-5-4-8(2)14-6-9/h4-7,12,17H,3H2,1-2H3. The molecule has 90 valence electrons. The number of hydrogen-bond donors (Lipinski definition) is 1. The number of aromatic nitrogens is 3. The zero-order valence-corrected chi connectivity index (χ0v) is 11.3. The molecule has 17 heavy (non-hydrogen) atoms. The van der Waals surface area contributed by atoms with Crippen LogP contribution in [-0.2, 0) is 6.54 Å². The molecular formula is C12H14BrN3O. The van der Waals surface area contributed by atoms with E-state index in [0.717, 1.165) is 28.0 Å². The van der Waals surface area contributed by atoms with Gasteiger partial charge in [0, 0.05) is 24.0 Å². The van der Waals surface area contributed by atoms with E-state index >= 15 is 0 Å². The Morgan fingerprint density at radius 2 is 2.18 bits per heavy atom. The number of pyridine rings is 1. The second-order valence-electron chi connectivity index (χ2n) is 3.83. The summed E-state index contributed by atoms with van der Waals surface area (Å²) >= 11 is 3.41. The molecule has 2 rings (SSSR count). The predicted octanol–water partition coefficient (Wildman–Crippen LogP) is 2.45. The van der Waals surface area contributed by atoms with E-state index in [9.17, 15) is 5.11 Å². The number of aliphatic hydroxyl groups is 1. The highest BCUT2D eigenvalue weighted by Crippen LogP contribution is 2.28. The Labute approximate surface area is 108 Å². The molecule has 2 heterocycles. The molecule has 0 radical (unpaired) electrons. The minimum Gasteiger partial charge on any atom is -0.382 e. The van der Waals surface area contributed by atoms with E-state index in [1.807, 2.05) is 26.0 Å². The largest absolute Gasteiger partial charge is 0.382 e. The van der Waals surface area contributed by atoms with E-state index in [1.54, 1.807) is 17.1 Å². The lowest BCUT2D eigenvalue weighted by Gasteiger charge is -2.13. The van der Waals surface area contributed by atoms with E-state index in [2.05, 4.69) is 26.0 Å². The Kier molecular flexibility index (Phi) is 3.59. The third kappa shape index (κ3) is 2.40. The molecule has 0 saturated heterocycles. The van der Waals surface area contributed by atoms with Crippen LogP contribution in [0.25, 0.3) is 0 Å². The van der Waals surface area contributed by atoms with Crippen molar-refractivity contribution in [2.75, 3.05) is 0 Å². The van der Waals surface area contributed by atoms with Gasteiger partial charge in [0.15, 0.2) is 0 Å². The number of hydrogen-bond acceptors (Lipinski definition) is 3. The van der Waals surface area contributed by atoms with Crippen molar-refractivity contribution in [3.63, 3.8) is 0 Å². The van der Waals surface area contributed by atoms with Crippen LogP contribution in [0.15, 0.2) is 29.0 Å². The summed E-state index contributed by atoms with van der Waals surface area (Å²) in [6.07, 6.45) is 2.68. The summed E-state index contributed by atoms with van der Waals surface area (Å²) in [6, 6.07) is 3.77. The average Bonchev–Trinajstić information content (AvgIpc) is 2.70. The van der Waals surface area contributed by atoms with Gasteiger partial charge >= 0.3 is 0 Å². The zero-order valence-electron chi connectivity index (χ0n) is 9.76. The fourth-order valence-corrected chi connectivity index (χ4v) is 2.21. The quantitative estimate of drug-likeness (QED) is 0.946. The van der Waals surface area contributed by atoms with Crippen molar-refractivity contribution in [2.45, 2.75) is 26.5 Å². The summed E-state index contributed by atoms with van der Waals surface area (Å²) < 4.78 is 2.58. The average molecular weight is 296 g/mol. The minimum atomic E-state index is -0.708. The predicted molar refractivity (Wildman–Crippen MR) is 68.6 cm³/mol. The van der Waals surface area contributed by atoms with Crippen LogP contribution in [0.5, 0.6) is 0 Å². The second-order valence-corrected chi connectivity index (χ2v) is 4.68. The van der Waals surface area contributed by atoms with Crippen LogP contribution < -0.4 is 0 Å². The summed E-state index contributed by atoms with van der Waals surface area (Å²) in [5.74, 6) is 0. The number of rotatable bonds is 3. The first kappa shape index (κ1) is 12.3. The van der Waals surface area contributed by atoms with E-state index in [-0.39, 0.29) is 0 Å². The van der Waals surface area contributed by atoms with Gasteiger partial charge in [-0.15, -0.1) is 0 Å². The maximum atomic E-state index is 10.3. The van der Waals surface area contributed by atoms with Crippen molar-refractivity contribution >= 4 is 15.9 Å². The highest BCUT2D eigenvalue weighted by Gasteiger charge is 2.19. The number of aliphatic hydroxyl groups excluding tert-OH is 1. The maximum Gasteiger partial charge on any atom is 0.123 e. The SMILES string of the molecule is CCn1ncc(Br)c1C(O)c1ccc(C)nc1. The van der Waals surface area contributed by atoms with Crippen molar-refractivity contribution in [1.29, 1.82) is 0 Å². The first-order valence-electron chi connectivity index (χ1n) is 5.45. The van der Waals surface area contributed by atoms with Gasteiger partial charge in [0.25, 0.3) is 0 Å². The Morgan fingerprint density at radius 1 is 1.41 bits per heavy atom. The van der Waals surface area contributed by atoms with E-state index in [4.69, 9.17) is 0 Å². The first-order chi connectivity index (χ1) is 8.13. The van der Waals surface area contributed by atoms with Gasteiger partial charge in [-0.25, -0.2) is 0 Å². The van der Waals surface area contributed by atoms with Crippen LogP contribution in [0.3, 0.4) is 0 Å².